The van der Waals surface area contributed by atoms with Gasteiger partial charge in [-0.1, -0.05) is 18.2 Å². The molecule has 0 N–H and O–H groups in total. The van der Waals surface area contributed by atoms with Gasteiger partial charge in [-0.15, -0.1) is 9.97 Å². The molecule has 2 rings (SSSR count). The fourth-order valence-corrected chi connectivity index (χ4v) is 5.49. The Balaban J connectivity index is 2.53. The average Bonchev–Trinajstić information content (AvgIpc) is 2.56. The third-order valence-electron chi connectivity index (χ3n) is 3.77. The Bertz CT molecular complexity index is 817. The molecule has 0 unspecified atom stereocenters. The number of aldehydes is 1. The summed E-state index contributed by atoms with van der Waals surface area (Å²) < 4.78 is 6.08. The summed E-state index contributed by atoms with van der Waals surface area (Å²) in [5.41, 5.74) is 1.15. The molecular formula is C16H24N7OP. The van der Waals surface area contributed by atoms with Crippen LogP contribution in [-0.4, -0.2) is 67.6 Å². The predicted octanol–water partition coefficient (Wildman–Crippen LogP) is 3.68. The van der Waals surface area contributed by atoms with E-state index in [1.165, 1.54) is 0 Å². The number of fused-ring (bicyclic) bond motifs is 1. The molecule has 0 radical (unpaired) electrons. The van der Waals surface area contributed by atoms with Crippen LogP contribution in [0.4, 0.5) is 5.82 Å². The van der Waals surface area contributed by atoms with Crippen molar-refractivity contribution < 1.29 is 4.79 Å². The number of carbonyl (C=O) groups excluding carboxylic acids is 1. The highest BCUT2D eigenvalue weighted by Gasteiger charge is 2.28. The van der Waals surface area contributed by atoms with Crippen LogP contribution < -0.4 is 0 Å². The van der Waals surface area contributed by atoms with Gasteiger partial charge in [-0.3, -0.25) is 18.8 Å². The minimum atomic E-state index is -2.17. The van der Waals surface area contributed by atoms with Crippen molar-refractivity contribution in [2.24, 2.45) is 15.2 Å². The largest absolute Gasteiger partial charge is 0.298 e. The fourth-order valence-electron chi connectivity index (χ4n) is 2.72. The topological polar surface area (TPSA) is 76.8 Å². The molecule has 0 aliphatic heterocycles. The summed E-state index contributed by atoms with van der Waals surface area (Å²) in [5, 5.41) is 9.06. The molecule has 1 aromatic carbocycles. The lowest BCUT2D eigenvalue weighted by atomic mass is 10.1. The summed E-state index contributed by atoms with van der Waals surface area (Å²) in [6.45, 7) is 0. The van der Waals surface area contributed by atoms with Gasteiger partial charge < -0.3 is 0 Å². The van der Waals surface area contributed by atoms with Crippen LogP contribution in [0.15, 0.2) is 45.5 Å². The zero-order chi connectivity index (χ0) is 18.6. The first kappa shape index (κ1) is 19.3. The summed E-state index contributed by atoms with van der Waals surface area (Å²) >= 11 is 0. The number of rotatable bonds is 6. The molecule has 2 aromatic rings. The molecule has 0 atom stereocenters. The second kappa shape index (κ2) is 7.93. The minimum absolute atomic E-state index is 0.270. The lowest BCUT2D eigenvalue weighted by molar-refractivity contribution is 0.112. The lowest BCUT2D eigenvalue weighted by Crippen LogP contribution is -2.30. The van der Waals surface area contributed by atoms with Gasteiger partial charge in [0.05, 0.1) is 11.1 Å². The Morgan fingerprint density at radius 2 is 1.60 bits per heavy atom. The van der Waals surface area contributed by atoms with E-state index < -0.39 is 7.51 Å². The molecule has 0 amide bonds. The van der Waals surface area contributed by atoms with Crippen LogP contribution in [0.1, 0.15) is 10.4 Å². The number of pyridine rings is 1. The lowest BCUT2D eigenvalue weighted by Gasteiger charge is -2.39. The number of benzene rings is 1. The fraction of sp³-hybridized carbons (Fsp3) is 0.375. The normalized spacial score (nSPS) is 12.7. The van der Waals surface area contributed by atoms with Crippen LogP contribution in [0, 0.1) is 0 Å². The molecule has 0 saturated heterocycles. The van der Waals surface area contributed by atoms with Crippen LogP contribution in [0.5, 0.6) is 0 Å². The number of para-hydroxylation sites is 1. The van der Waals surface area contributed by atoms with Crippen LogP contribution >= 0.6 is 7.51 Å². The number of hydrogen-bond donors (Lipinski definition) is 0. The van der Waals surface area contributed by atoms with Crippen molar-refractivity contribution in [3.63, 3.8) is 0 Å². The molecule has 134 valence electrons. The van der Waals surface area contributed by atoms with E-state index in [4.69, 9.17) is 0 Å². The summed E-state index contributed by atoms with van der Waals surface area (Å²) in [5.74, 6) is 0.270. The first-order valence-electron chi connectivity index (χ1n) is 7.73. The van der Waals surface area contributed by atoms with E-state index in [1.807, 2.05) is 80.6 Å². The maximum atomic E-state index is 11.4. The molecule has 1 aromatic heterocycles. The first-order chi connectivity index (χ1) is 11.8. The zero-order valence-electron chi connectivity index (χ0n) is 15.5. The van der Waals surface area contributed by atoms with E-state index >= 15 is 0 Å². The van der Waals surface area contributed by atoms with E-state index in [-0.39, 0.29) is 5.82 Å². The van der Waals surface area contributed by atoms with Crippen LogP contribution in [0.25, 0.3) is 10.9 Å². The second-order valence-electron chi connectivity index (χ2n) is 6.07. The van der Waals surface area contributed by atoms with Gasteiger partial charge in [0, 0.05) is 5.39 Å². The number of carbonyl (C=O) groups is 1. The molecule has 0 aliphatic rings. The maximum absolute atomic E-state index is 11.4. The standard InChI is InChI=1S/C16H24N7OP/c1-21(2)25(22(3)4,23(5)6)20-19-18-16-14(12-24)11-13-9-7-8-10-15(13)17-16/h7-12H,1-6H3. The highest BCUT2D eigenvalue weighted by molar-refractivity contribution is 7.58. The first-order valence-corrected chi connectivity index (χ1v) is 9.33. The Kier molecular flexibility index (Phi) is 6.13. The van der Waals surface area contributed by atoms with Gasteiger partial charge in [0.15, 0.2) is 19.6 Å². The van der Waals surface area contributed by atoms with Crippen LogP contribution in [0.2, 0.25) is 0 Å². The van der Waals surface area contributed by atoms with Crippen molar-refractivity contribution >= 4 is 30.5 Å². The number of hydrogen-bond acceptors (Lipinski definition) is 3. The molecule has 1 heterocycles. The van der Waals surface area contributed by atoms with Crippen molar-refractivity contribution in [1.82, 2.24) is 19.0 Å². The Labute approximate surface area is 148 Å². The van der Waals surface area contributed by atoms with Crippen molar-refractivity contribution in [3.05, 3.63) is 35.9 Å². The molecule has 25 heavy (non-hydrogen) atoms. The van der Waals surface area contributed by atoms with Crippen LogP contribution in [-0.2, 0) is 0 Å². The smallest absolute Gasteiger partial charge is 0.193 e. The van der Waals surface area contributed by atoms with Gasteiger partial charge in [-0.25, -0.2) is 4.98 Å². The summed E-state index contributed by atoms with van der Waals surface area (Å²) in [7, 11) is 9.57. The van der Waals surface area contributed by atoms with E-state index in [0.29, 0.717) is 5.56 Å². The predicted molar refractivity (Wildman–Crippen MR) is 102 cm³/mol. The van der Waals surface area contributed by atoms with Crippen LogP contribution in [0.3, 0.4) is 0 Å². The molecule has 0 bridgehead atoms. The molecule has 0 fully saturated rings. The van der Waals surface area contributed by atoms with Gasteiger partial charge >= 0.3 is 0 Å². The molecule has 0 spiro atoms. The Hall–Kier alpha value is -1.99. The number of aromatic nitrogens is 1. The monoisotopic (exact) mass is 361 g/mol. The van der Waals surface area contributed by atoms with Crippen molar-refractivity contribution in [3.8, 4) is 0 Å². The van der Waals surface area contributed by atoms with E-state index in [9.17, 15) is 4.79 Å². The van der Waals surface area contributed by atoms with Gasteiger partial charge in [0.25, 0.3) is 0 Å². The highest BCUT2D eigenvalue weighted by atomic mass is 31.2. The maximum Gasteiger partial charge on any atom is 0.193 e. The van der Waals surface area contributed by atoms with Gasteiger partial charge in [0.1, 0.15) is 0 Å². The Morgan fingerprint density at radius 1 is 1.00 bits per heavy atom. The van der Waals surface area contributed by atoms with E-state index in [2.05, 4.69) is 20.2 Å². The molecule has 9 heteroatoms. The SMILES string of the molecule is CN(C)P(=NN=Nc1nc2ccccc2cc1C=O)(N(C)C)N(C)C. The molecular weight excluding hydrogens is 337 g/mol. The van der Waals surface area contributed by atoms with Crippen molar-refractivity contribution in [2.75, 3.05) is 42.3 Å². The minimum Gasteiger partial charge on any atom is -0.298 e. The number of nitrogens with zero attached hydrogens (tertiary/aromatic N) is 7. The molecule has 0 saturated carbocycles. The van der Waals surface area contributed by atoms with Gasteiger partial charge in [-0.2, -0.15) is 0 Å². The summed E-state index contributed by atoms with van der Waals surface area (Å²) in [4.78, 5) is 20.3. The highest BCUT2D eigenvalue weighted by Crippen LogP contribution is 2.54. The average molecular weight is 361 g/mol. The van der Waals surface area contributed by atoms with Crippen molar-refractivity contribution in [1.29, 1.82) is 0 Å². The summed E-state index contributed by atoms with van der Waals surface area (Å²) in [6, 6.07) is 9.33. The van der Waals surface area contributed by atoms with Crippen molar-refractivity contribution in [2.45, 2.75) is 0 Å². The third-order valence-corrected chi connectivity index (χ3v) is 7.31. The van der Waals surface area contributed by atoms with Gasteiger partial charge in [0.2, 0.25) is 0 Å². The molecule has 0 aliphatic carbocycles. The molecule has 8 nitrogen and oxygen atoms in total. The van der Waals surface area contributed by atoms with E-state index in [1.54, 1.807) is 6.07 Å². The van der Waals surface area contributed by atoms with E-state index in [0.717, 1.165) is 17.2 Å². The summed E-state index contributed by atoms with van der Waals surface area (Å²) in [6.07, 6.45) is 0.736. The van der Waals surface area contributed by atoms with Gasteiger partial charge in [-0.05, 0) is 59.6 Å². The third kappa shape index (κ3) is 3.82. The zero-order valence-corrected chi connectivity index (χ0v) is 16.3. The quantitative estimate of drug-likeness (QED) is 0.339. The Morgan fingerprint density at radius 3 is 2.16 bits per heavy atom. The second-order valence-corrected chi connectivity index (χ2v) is 9.72.